The van der Waals surface area contributed by atoms with Crippen molar-refractivity contribution >= 4 is 0 Å². The number of hydrogen-bond donors (Lipinski definition) is 1. The van der Waals surface area contributed by atoms with E-state index in [2.05, 4.69) is 19.2 Å². The maximum atomic E-state index is 13.8. The van der Waals surface area contributed by atoms with Crippen molar-refractivity contribution in [2.45, 2.75) is 39.8 Å². The molecular weight excluding hydrogens is 243 g/mol. The standard InChI is InChI=1S/C15H21FN2O/c1-4-13(8-17)19-15-12(6-5-7-14(15)16)10-18-9-11(2)3/h5-7,11,13,18H,4,9-10H2,1-3H3. The van der Waals surface area contributed by atoms with Gasteiger partial charge in [0.2, 0.25) is 0 Å². The van der Waals surface area contributed by atoms with Crippen molar-refractivity contribution in [2.75, 3.05) is 6.54 Å². The Hall–Kier alpha value is -1.60. The topological polar surface area (TPSA) is 45.0 Å². The van der Waals surface area contributed by atoms with Crippen LogP contribution in [0, 0.1) is 23.1 Å². The zero-order valence-corrected chi connectivity index (χ0v) is 11.7. The summed E-state index contributed by atoms with van der Waals surface area (Å²) in [6, 6.07) is 6.84. The van der Waals surface area contributed by atoms with Gasteiger partial charge in [-0.05, 0) is 24.9 Å². The molecule has 1 atom stereocenters. The fourth-order valence-electron chi connectivity index (χ4n) is 1.66. The summed E-state index contributed by atoms with van der Waals surface area (Å²) in [5, 5.41) is 12.2. The molecule has 0 spiro atoms. The molecule has 19 heavy (non-hydrogen) atoms. The minimum atomic E-state index is -0.610. The minimum absolute atomic E-state index is 0.187. The van der Waals surface area contributed by atoms with Gasteiger partial charge in [-0.3, -0.25) is 0 Å². The predicted octanol–water partition coefficient (Wildman–Crippen LogP) is 3.25. The molecule has 1 unspecified atom stereocenters. The molecule has 0 aliphatic rings. The molecule has 4 heteroatoms. The van der Waals surface area contributed by atoms with Crippen molar-refractivity contribution in [1.29, 1.82) is 5.26 Å². The van der Waals surface area contributed by atoms with Crippen LogP contribution >= 0.6 is 0 Å². The van der Waals surface area contributed by atoms with Crippen LogP contribution in [0.4, 0.5) is 4.39 Å². The first-order valence-electron chi connectivity index (χ1n) is 6.62. The van der Waals surface area contributed by atoms with Gasteiger partial charge in [0.1, 0.15) is 6.07 Å². The van der Waals surface area contributed by atoms with E-state index >= 15 is 0 Å². The predicted molar refractivity (Wildman–Crippen MR) is 73.3 cm³/mol. The van der Waals surface area contributed by atoms with Crippen LogP contribution in [-0.2, 0) is 6.54 Å². The van der Waals surface area contributed by atoms with Crippen LogP contribution < -0.4 is 10.1 Å². The summed E-state index contributed by atoms with van der Waals surface area (Å²) in [5.41, 5.74) is 0.745. The molecule has 1 aromatic rings. The Balaban J connectivity index is 2.80. The summed E-state index contributed by atoms with van der Waals surface area (Å²) in [6.07, 6.45) is -0.0790. The van der Waals surface area contributed by atoms with E-state index in [1.165, 1.54) is 6.07 Å². The Bertz CT molecular complexity index is 440. The number of hydrogen-bond acceptors (Lipinski definition) is 3. The third kappa shape index (κ3) is 4.88. The largest absolute Gasteiger partial charge is 0.472 e. The molecule has 0 bridgehead atoms. The summed E-state index contributed by atoms with van der Waals surface area (Å²) in [6.45, 7) is 7.45. The quantitative estimate of drug-likeness (QED) is 0.822. The zero-order chi connectivity index (χ0) is 14.3. The Labute approximate surface area is 114 Å². The summed E-state index contributed by atoms with van der Waals surface area (Å²) in [4.78, 5) is 0. The van der Waals surface area contributed by atoms with Crippen LogP contribution in [0.25, 0.3) is 0 Å². The number of ether oxygens (including phenoxy) is 1. The summed E-state index contributed by atoms with van der Waals surface area (Å²) in [5.74, 6) is 0.296. The molecule has 0 saturated carbocycles. The Kier molecular flexibility index (Phi) is 6.31. The molecule has 0 fully saturated rings. The normalized spacial score (nSPS) is 12.2. The number of halogens is 1. The third-order valence-electron chi connectivity index (χ3n) is 2.69. The molecule has 104 valence electrons. The second-order valence-electron chi connectivity index (χ2n) is 4.90. The van der Waals surface area contributed by atoms with Crippen molar-refractivity contribution in [3.8, 4) is 11.8 Å². The molecule has 1 aromatic carbocycles. The van der Waals surface area contributed by atoms with E-state index < -0.39 is 11.9 Å². The number of nitriles is 1. The fourth-order valence-corrected chi connectivity index (χ4v) is 1.66. The van der Waals surface area contributed by atoms with E-state index in [0.717, 1.165) is 12.1 Å². The van der Waals surface area contributed by atoms with Crippen molar-refractivity contribution in [3.05, 3.63) is 29.6 Å². The monoisotopic (exact) mass is 264 g/mol. The Morgan fingerprint density at radius 3 is 2.74 bits per heavy atom. The van der Waals surface area contributed by atoms with Crippen LogP contribution in [-0.4, -0.2) is 12.6 Å². The maximum absolute atomic E-state index is 13.8. The molecule has 0 aromatic heterocycles. The highest BCUT2D eigenvalue weighted by Gasteiger charge is 2.14. The molecule has 0 aliphatic carbocycles. The van der Waals surface area contributed by atoms with E-state index in [-0.39, 0.29) is 5.75 Å². The van der Waals surface area contributed by atoms with Gasteiger partial charge in [0.25, 0.3) is 0 Å². The third-order valence-corrected chi connectivity index (χ3v) is 2.69. The van der Waals surface area contributed by atoms with Crippen LogP contribution in [0.1, 0.15) is 32.8 Å². The molecule has 0 heterocycles. The van der Waals surface area contributed by atoms with Crippen LogP contribution in [0.2, 0.25) is 0 Å². The van der Waals surface area contributed by atoms with Gasteiger partial charge in [-0.2, -0.15) is 5.26 Å². The molecule has 3 nitrogen and oxygen atoms in total. The molecule has 0 radical (unpaired) electrons. The van der Waals surface area contributed by atoms with Crippen molar-refractivity contribution in [2.24, 2.45) is 5.92 Å². The second-order valence-corrected chi connectivity index (χ2v) is 4.90. The molecule has 0 amide bonds. The number of nitrogens with zero attached hydrogens (tertiary/aromatic N) is 1. The van der Waals surface area contributed by atoms with Crippen LogP contribution in [0.5, 0.6) is 5.75 Å². The highest BCUT2D eigenvalue weighted by Crippen LogP contribution is 2.24. The van der Waals surface area contributed by atoms with Crippen molar-refractivity contribution < 1.29 is 9.13 Å². The minimum Gasteiger partial charge on any atom is -0.472 e. The van der Waals surface area contributed by atoms with Crippen LogP contribution in [0.3, 0.4) is 0 Å². The van der Waals surface area contributed by atoms with Gasteiger partial charge >= 0.3 is 0 Å². The lowest BCUT2D eigenvalue weighted by Crippen LogP contribution is -2.21. The second kappa shape index (κ2) is 7.75. The maximum Gasteiger partial charge on any atom is 0.184 e. The smallest absolute Gasteiger partial charge is 0.184 e. The molecule has 1 rings (SSSR count). The van der Waals surface area contributed by atoms with E-state index in [0.29, 0.717) is 18.9 Å². The van der Waals surface area contributed by atoms with Crippen molar-refractivity contribution in [3.63, 3.8) is 0 Å². The van der Waals surface area contributed by atoms with Gasteiger partial charge < -0.3 is 10.1 Å². The summed E-state index contributed by atoms with van der Waals surface area (Å²) < 4.78 is 19.3. The lowest BCUT2D eigenvalue weighted by molar-refractivity contribution is 0.237. The van der Waals surface area contributed by atoms with Gasteiger partial charge in [-0.1, -0.05) is 32.9 Å². The zero-order valence-electron chi connectivity index (χ0n) is 11.7. The highest BCUT2D eigenvalue weighted by molar-refractivity contribution is 5.35. The summed E-state index contributed by atoms with van der Waals surface area (Å²) in [7, 11) is 0. The molecule has 0 aliphatic heterocycles. The van der Waals surface area contributed by atoms with Gasteiger partial charge in [-0.15, -0.1) is 0 Å². The number of nitrogens with one attached hydrogen (secondary N) is 1. The fraction of sp³-hybridized carbons (Fsp3) is 0.533. The van der Waals surface area contributed by atoms with Crippen LogP contribution in [0.15, 0.2) is 18.2 Å². The number of benzene rings is 1. The van der Waals surface area contributed by atoms with E-state index in [1.54, 1.807) is 6.07 Å². The number of rotatable bonds is 7. The van der Waals surface area contributed by atoms with Gasteiger partial charge in [-0.25, -0.2) is 4.39 Å². The first-order chi connectivity index (χ1) is 9.08. The Morgan fingerprint density at radius 1 is 1.42 bits per heavy atom. The SMILES string of the molecule is CCC(C#N)Oc1c(F)cccc1CNCC(C)C. The molecule has 1 N–H and O–H groups in total. The highest BCUT2D eigenvalue weighted by atomic mass is 19.1. The first kappa shape index (κ1) is 15.5. The van der Waals surface area contributed by atoms with E-state index in [9.17, 15) is 4.39 Å². The Morgan fingerprint density at radius 2 is 2.16 bits per heavy atom. The van der Waals surface area contributed by atoms with E-state index in [4.69, 9.17) is 10.00 Å². The summed E-state index contributed by atoms with van der Waals surface area (Å²) >= 11 is 0. The van der Waals surface area contributed by atoms with E-state index in [1.807, 2.05) is 19.1 Å². The average molecular weight is 264 g/mol. The first-order valence-corrected chi connectivity index (χ1v) is 6.62. The lowest BCUT2D eigenvalue weighted by atomic mass is 10.1. The van der Waals surface area contributed by atoms with Gasteiger partial charge in [0, 0.05) is 12.1 Å². The van der Waals surface area contributed by atoms with Gasteiger partial charge in [0.15, 0.2) is 17.7 Å². The van der Waals surface area contributed by atoms with Crippen molar-refractivity contribution in [1.82, 2.24) is 5.32 Å². The lowest BCUT2D eigenvalue weighted by Gasteiger charge is -2.16. The average Bonchev–Trinajstić information content (AvgIpc) is 2.38. The molecule has 0 saturated heterocycles. The van der Waals surface area contributed by atoms with Gasteiger partial charge in [0.05, 0.1) is 0 Å². The number of para-hydroxylation sites is 1. The molecular formula is C15H21FN2O.